The average molecular weight is 402 g/mol. The lowest BCUT2D eigenvalue weighted by molar-refractivity contribution is -0.119. The summed E-state index contributed by atoms with van der Waals surface area (Å²) in [6, 6.07) is 9.32. The van der Waals surface area contributed by atoms with Crippen LogP contribution in [-0.4, -0.2) is 20.9 Å². The fourth-order valence-corrected chi connectivity index (χ4v) is 4.58. The van der Waals surface area contributed by atoms with E-state index >= 15 is 0 Å². The Kier molecular flexibility index (Phi) is 5.95. The second-order valence-corrected chi connectivity index (χ2v) is 8.12. The third kappa shape index (κ3) is 4.24. The van der Waals surface area contributed by atoms with Gasteiger partial charge in [0.25, 0.3) is 15.9 Å². The summed E-state index contributed by atoms with van der Waals surface area (Å²) in [4.78, 5) is 11.6. The molecule has 2 aromatic rings. The van der Waals surface area contributed by atoms with E-state index in [4.69, 9.17) is 29.0 Å². The van der Waals surface area contributed by atoms with Gasteiger partial charge in [-0.25, -0.2) is 14.3 Å². The van der Waals surface area contributed by atoms with Crippen LogP contribution in [0.2, 0.25) is 10.0 Å². The van der Waals surface area contributed by atoms with Crippen LogP contribution in [0.3, 0.4) is 0 Å². The van der Waals surface area contributed by atoms with E-state index in [0.717, 1.165) is 9.87 Å². The number of benzene rings is 2. The molecular formula is C16H17Cl2N3O3S. The minimum atomic E-state index is -4.15. The highest BCUT2D eigenvalue weighted by molar-refractivity contribution is 7.93. The van der Waals surface area contributed by atoms with Crippen molar-refractivity contribution in [1.82, 2.24) is 5.43 Å². The molecule has 0 unspecified atom stereocenters. The molecule has 3 N–H and O–H groups in total. The molecule has 0 fully saturated rings. The van der Waals surface area contributed by atoms with E-state index in [9.17, 15) is 13.2 Å². The highest BCUT2D eigenvalue weighted by atomic mass is 35.5. The predicted octanol–water partition coefficient (Wildman–Crippen LogP) is 2.80. The Balaban J connectivity index is 2.65. The molecule has 134 valence electrons. The van der Waals surface area contributed by atoms with Gasteiger partial charge in [-0.2, -0.15) is 0 Å². The third-order valence-electron chi connectivity index (χ3n) is 3.53. The smallest absolute Gasteiger partial charge is 0.266 e. The van der Waals surface area contributed by atoms with Crippen LogP contribution in [0.25, 0.3) is 0 Å². The van der Waals surface area contributed by atoms with Gasteiger partial charge >= 0.3 is 0 Å². The summed E-state index contributed by atoms with van der Waals surface area (Å²) in [6.45, 7) is 3.15. The van der Waals surface area contributed by atoms with E-state index in [1.54, 1.807) is 19.1 Å². The van der Waals surface area contributed by atoms with E-state index in [-0.39, 0.29) is 14.9 Å². The molecule has 0 aliphatic rings. The van der Waals surface area contributed by atoms with Crippen molar-refractivity contribution >= 4 is 44.8 Å². The Morgan fingerprint density at radius 2 is 1.84 bits per heavy atom. The van der Waals surface area contributed by atoms with Crippen molar-refractivity contribution in [3.63, 3.8) is 0 Å². The van der Waals surface area contributed by atoms with Gasteiger partial charge in [-0.1, -0.05) is 40.9 Å². The minimum Gasteiger partial charge on any atom is -0.293 e. The molecule has 0 aromatic heterocycles. The van der Waals surface area contributed by atoms with Gasteiger partial charge in [-0.3, -0.25) is 14.5 Å². The number of nitrogens with one attached hydrogen (secondary N) is 1. The number of hydrogen-bond donors (Lipinski definition) is 2. The molecule has 2 rings (SSSR count). The zero-order valence-corrected chi connectivity index (χ0v) is 15.9. The second kappa shape index (κ2) is 7.61. The number of anilines is 1. The number of rotatable bonds is 5. The van der Waals surface area contributed by atoms with Crippen LogP contribution in [0.1, 0.15) is 11.1 Å². The van der Waals surface area contributed by atoms with Gasteiger partial charge in [-0.05, 0) is 43.7 Å². The molecule has 1 amide bonds. The van der Waals surface area contributed by atoms with Crippen molar-refractivity contribution in [2.45, 2.75) is 18.7 Å². The van der Waals surface area contributed by atoms with Crippen LogP contribution < -0.4 is 15.6 Å². The zero-order valence-electron chi connectivity index (χ0n) is 13.6. The number of carbonyl (C=O) groups excluding carboxylic acids is 1. The monoisotopic (exact) mass is 401 g/mol. The molecular weight excluding hydrogens is 385 g/mol. The summed E-state index contributed by atoms with van der Waals surface area (Å²) >= 11 is 12.0. The summed E-state index contributed by atoms with van der Waals surface area (Å²) in [7, 11) is -4.15. The Morgan fingerprint density at radius 3 is 2.44 bits per heavy atom. The summed E-state index contributed by atoms with van der Waals surface area (Å²) < 4.78 is 27.3. The van der Waals surface area contributed by atoms with Gasteiger partial charge in [0.05, 0.1) is 10.7 Å². The van der Waals surface area contributed by atoms with Crippen LogP contribution in [0, 0.1) is 13.8 Å². The Hall–Kier alpha value is -1.80. The standard InChI is InChI=1S/C16H17Cl2N3O3S/c1-10-3-6-14(11(2)7-10)21(9-16(22)20-19)25(23,24)15-8-12(17)4-5-13(15)18/h3-8H,9,19H2,1-2H3,(H,20,22). The number of nitrogens with zero attached hydrogens (tertiary/aromatic N) is 1. The molecule has 0 bridgehead atoms. The molecule has 0 spiro atoms. The number of halogens is 2. The fraction of sp³-hybridized carbons (Fsp3) is 0.188. The average Bonchev–Trinajstić information content (AvgIpc) is 2.55. The maximum atomic E-state index is 13.2. The molecule has 9 heteroatoms. The summed E-state index contributed by atoms with van der Waals surface area (Å²) in [5.74, 6) is 4.46. The molecule has 0 atom stereocenters. The normalized spacial score (nSPS) is 11.2. The highest BCUT2D eigenvalue weighted by Crippen LogP contribution is 2.32. The van der Waals surface area contributed by atoms with Crippen molar-refractivity contribution < 1.29 is 13.2 Å². The largest absolute Gasteiger partial charge is 0.293 e. The first-order valence-electron chi connectivity index (χ1n) is 7.21. The van der Waals surface area contributed by atoms with Crippen LogP contribution in [0.4, 0.5) is 5.69 Å². The Bertz CT molecular complexity index is 917. The van der Waals surface area contributed by atoms with E-state index in [1.165, 1.54) is 18.2 Å². The number of aryl methyl sites for hydroxylation is 2. The number of nitrogens with two attached hydrogens (primary N) is 1. The third-order valence-corrected chi connectivity index (χ3v) is 6.01. The lowest BCUT2D eigenvalue weighted by Gasteiger charge is -2.26. The van der Waals surface area contributed by atoms with Gasteiger partial charge in [-0.15, -0.1) is 0 Å². The molecule has 25 heavy (non-hydrogen) atoms. The summed E-state index contributed by atoms with van der Waals surface area (Å²) in [5.41, 5.74) is 3.94. The SMILES string of the molecule is Cc1ccc(N(CC(=O)NN)S(=O)(=O)c2cc(Cl)ccc2Cl)c(C)c1. The van der Waals surface area contributed by atoms with Crippen LogP contribution in [-0.2, 0) is 14.8 Å². The molecule has 0 saturated heterocycles. The molecule has 6 nitrogen and oxygen atoms in total. The number of carbonyl (C=O) groups is 1. The lowest BCUT2D eigenvalue weighted by Crippen LogP contribution is -2.43. The van der Waals surface area contributed by atoms with Crippen LogP contribution in [0.5, 0.6) is 0 Å². The first-order chi connectivity index (χ1) is 11.7. The predicted molar refractivity (Wildman–Crippen MR) is 99.2 cm³/mol. The van der Waals surface area contributed by atoms with E-state index in [0.29, 0.717) is 11.3 Å². The van der Waals surface area contributed by atoms with Crippen molar-refractivity contribution in [3.8, 4) is 0 Å². The van der Waals surface area contributed by atoms with Crippen molar-refractivity contribution in [2.75, 3.05) is 10.8 Å². The van der Waals surface area contributed by atoms with E-state index in [1.807, 2.05) is 18.4 Å². The van der Waals surface area contributed by atoms with Gasteiger partial charge in [0.1, 0.15) is 11.4 Å². The van der Waals surface area contributed by atoms with Crippen molar-refractivity contribution in [1.29, 1.82) is 0 Å². The van der Waals surface area contributed by atoms with Crippen LogP contribution in [0.15, 0.2) is 41.3 Å². The second-order valence-electron chi connectivity index (χ2n) is 5.44. The molecule has 0 saturated carbocycles. The summed E-state index contributed by atoms with van der Waals surface area (Å²) in [6.07, 6.45) is 0. The highest BCUT2D eigenvalue weighted by Gasteiger charge is 2.30. The van der Waals surface area contributed by atoms with E-state index in [2.05, 4.69) is 0 Å². The van der Waals surface area contributed by atoms with Gasteiger partial charge in [0, 0.05) is 5.02 Å². The Labute approximate surface area is 156 Å². The zero-order chi connectivity index (χ0) is 18.8. The van der Waals surface area contributed by atoms with Crippen molar-refractivity contribution in [2.24, 2.45) is 5.84 Å². The molecule has 0 radical (unpaired) electrons. The van der Waals surface area contributed by atoms with Crippen molar-refractivity contribution in [3.05, 3.63) is 57.6 Å². The first-order valence-corrected chi connectivity index (χ1v) is 9.41. The van der Waals surface area contributed by atoms with Crippen LogP contribution >= 0.6 is 23.2 Å². The number of amides is 1. The lowest BCUT2D eigenvalue weighted by atomic mass is 10.1. The maximum Gasteiger partial charge on any atom is 0.266 e. The molecule has 0 heterocycles. The Morgan fingerprint density at radius 1 is 1.16 bits per heavy atom. The molecule has 0 aliphatic heterocycles. The number of hydrogen-bond acceptors (Lipinski definition) is 4. The maximum absolute atomic E-state index is 13.2. The van der Waals surface area contributed by atoms with E-state index < -0.39 is 22.5 Å². The topological polar surface area (TPSA) is 92.5 Å². The molecule has 2 aromatic carbocycles. The summed E-state index contributed by atoms with van der Waals surface area (Å²) in [5, 5.41) is 0.221. The quantitative estimate of drug-likeness (QED) is 0.457. The first kappa shape index (κ1) is 19.5. The molecule has 0 aliphatic carbocycles. The minimum absolute atomic E-state index is 0.00678. The number of sulfonamides is 1. The fourth-order valence-electron chi connectivity index (χ4n) is 2.35. The van der Waals surface area contributed by atoms with Gasteiger partial charge in [0.15, 0.2) is 0 Å². The number of hydrazine groups is 1. The van der Waals surface area contributed by atoms with Gasteiger partial charge in [0.2, 0.25) is 0 Å². The van der Waals surface area contributed by atoms with Gasteiger partial charge < -0.3 is 0 Å².